The molecule has 5 rings (SSSR count). The van der Waals surface area contributed by atoms with Crippen molar-refractivity contribution in [3.05, 3.63) is 119 Å². The molecule has 0 unspecified atom stereocenters. The zero-order chi connectivity index (χ0) is 22.8. The van der Waals surface area contributed by atoms with Gasteiger partial charge in [0.1, 0.15) is 0 Å². The predicted octanol–water partition coefficient (Wildman–Crippen LogP) is 4.35. The van der Waals surface area contributed by atoms with Crippen LogP contribution in [0.2, 0.25) is 0 Å². The molecule has 1 fully saturated rings. The normalized spacial score (nSPS) is 17.7. The number of rotatable bonds is 6. The third kappa shape index (κ3) is 4.06. The van der Waals surface area contributed by atoms with E-state index in [1.807, 2.05) is 59.4 Å². The SMILES string of the molecule is O=[N+]([O-])c1ccc(-n2cccc2[C@@H]2[C@@H](c3ccccn3)NC(=S)N2Cc2cccnc2)cc1. The summed E-state index contributed by atoms with van der Waals surface area (Å²) in [5.41, 5.74) is 3.81. The van der Waals surface area contributed by atoms with E-state index in [0.29, 0.717) is 11.7 Å². The van der Waals surface area contributed by atoms with Gasteiger partial charge in [0.05, 0.1) is 22.7 Å². The highest BCUT2D eigenvalue weighted by molar-refractivity contribution is 7.80. The molecular formula is C24H20N6O2S. The van der Waals surface area contributed by atoms with Crippen molar-refractivity contribution >= 4 is 23.0 Å². The average Bonchev–Trinajstić information content (AvgIpc) is 3.45. The summed E-state index contributed by atoms with van der Waals surface area (Å²) in [6.45, 7) is 0.582. The summed E-state index contributed by atoms with van der Waals surface area (Å²) >= 11 is 5.76. The van der Waals surface area contributed by atoms with Crippen LogP contribution in [-0.2, 0) is 6.54 Å². The van der Waals surface area contributed by atoms with Crippen molar-refractivity contribution in [2.75, 3.05) is 0 Å². The monoisotopic (exact) mass is 456 g/mol. The quantitative estimate of drug-likeness (QED) is 0.262. The van der Waals surface area contributed by atoms with Crippen LogP contribution in [-0.4, -0.2) is 29.5 Å². The Labute approximate surface area is 195 Å². The van der Waals surface area contributed by atoms with Crippen LogP contribution in [0.3, 0.4) is 0 Å². The first-order chi connectivity index (χ1) is 16.1. The van der Waals surface area contributed by atoms with E-state index < -0.39 is 4.92 Å². The van der Waals surface area contributed by atoms with Crippen molar-refractivity contribution in [3.8, 4) is 5.69 Å². The number of nitrogens with zero attached hydrogens (tertiary/aromatic N) is 5. The zero-order valence-corrected chi connectivity index (χ0v) is 18.3. The van der Waals surface area contributed by atoms with Gasteiger partial charge in [-0.05, 0) is 60.2 Å². The number of nitrogens with one attached hydrogen (secondary N) is 1. The largest absolute Gasteiger partial charge is 0.352 e. The van der Waals surface area contributed by atoms with Crippen molar-refractivity contribution in [3.63, 3.8) is 0 Å². The van der Waals surface area contributed by atoms with Gasteiger partial charge in [-0.25, -0.2) is 0 Å². The van der Waals surface area contributed by atoms with Gasteiger partial charge in [-0.3, -0.25) is 20.1 Å². The topological polar surface area (TPSA) is 89.1 Å². The zero-order valence-electron chi connectivity index (χ0n) is 17.5. The number of benzene rings is 1. The van der Waals surface area contributed by atoms with Gasteiger partial charge in [-0.1, -0.05) is 12.1 Å². The molecule has 0 saturated carbocycles. The molecule has 164 valence electrons. The molecule has 9 heteroatoms. The summed E-state index contributed by atoms with van der Waals surface area (Å²) < 4.78 is 2.04. The van der Waals surface area contributed by atoms with E-state index in [2.05, 4.69) is 20.2 Å². The molecule has 1 aromatic carbocycles. The van der Waals surface area contributed by atoms with Crippen LogP contribution in [0.1, 0.15) is 29.0 Å². The molecule has 4 aromatic rings. The summed E-state index contributed by atoms with van der Waals surface area (Å²) in [5, 5.41) is 15.2. The molecule has 1 aliphatic heterocycles. The standard InChI is InChI=1S/C24H20N6O2S/c31-30(32)19-10-8-18(9-11-19)28-14-4-7-21(28)23-22(20-6-1-2-13-26-20)27-24(33)29(23)16-17-5-3-12-25-15-17/h1-15,22-23H,16H2,(H,27,33)/t22-,23-/m1/s1. The summed E-state index contributed by atoms with van der Waals surface area (Å²) in [6, 6.07) is 20.0. The summed E-state index contributed by atoms with van der Waals surface area (Å²) in [4.78, 5) is 21.7. The Morgan fingerprint density at radius 2 is 1.88 bits per heavy atom. The second kappa shape index (κ2) is 8.79. The summed E-state index contributed by atoms with van der Waals surface area (Å²) in [5.74, 6) is 0. The fourth-order valence-electron chi connectivity index (χ4n) is 4.19. The first-order valence-corrected chi connectivity index (χ1v) is 10.8. The van der Waals surface area contributed by atoms with Crippen molar-refractivity contribution in [2.45, 2.75) is 18.6 Å². The lowest BCUT2D eigenvalue weighted by molar-refractivity contribution is -0.384. The van der Waals surface area contributed by atoms with Gasteiger partial charge < -0.3 is 14.8 Å². The Hall–Kier alpha value is -4.11. The van der Waals surface area contributed by atoms with Gasteiger partial charge in [0.25, 0.3) is 5.69 Å². The molecule has 33 heavy (non-hydrogen) atoms. The Kier molecular flexibility index (Phi) is 5.54. The number of pyridine rings is 2. The van der Waals surface area contributed by atoms with E-state index in [9.17, 15) is 10.1 Å². The maximum Gasteiger partial charge on any atom is 0.269 e. The minimum atomic E-state index is -0.396. The number of aromatic nitrogens is 3. The molecule has 0 radical (unpaired) electrons. The molecule has 1 aliphatic rings. The second-order valence-electron chi connectivity index (χ2n) is 7.69. The van der Waals surface area contributed by atoms with Gasteiger partial charge >= 0.3 is 0 Å². The van der Waals surface area contributed by atoms with Crippen molar-refractivity contribution in [1.29, 1.82) is 0 Å². The first kappa shape index (κ1) is 20.8. The Balaban J connectivity index is 1.58. The molecule has 1 saturated heterocycles. The highest BCUT2D eigenvalue weighted by Crippen LogP contribution is 2.40. The highest BCUT2D eigenvalue weighted by Gasteiger charge is 2.41. The van der Waals surface area contributed by atoms with Crippen LogP contribution in [0.25, 0.3) is 5.69 Å². The molecule has 1 N–H and O–H groups in total. The fourth-order valence-corrected chi connectivity index (χ4v) is 4.50. The smallest absolute Gasteiger partial charge is 0.269 e. The first-order valence-electron chi connectivity index (χ1n) is 10.4. The van der Waals surface area contributed by atoms with E-state index in [-0.39, 0.29) is 17.8 Å². The number of hydrogen-bond donors (Lipinski definition) is 1. The maximum absolute atomic E-state index is 11.1. The third-order valence-electron chi connectivity index (χ3n) is 5.70. The Bertz CT molecular complexity index is 1280. The van der Waals surface area contributed by atoms with Crippen molar-refractivity contribution in [1.82, 2.24) is 24.8 Å². The molecule has 0 amide bonds. The minimum absolute atomic E-state index is 0.0562. The highest BCUT2D eigenvalue weighted by atomic mass is 32.1. The predicted molar refractivity (Wildman–Crippen MR) is 128 cm³/mol. The average molecular weight is 457 g/mol. The van der Waals surface area contributed by atoms with Crippen molar-refractivity contribution in [2.24, 2.45) is 0 Å². The van der Waals surface area contributed by atoms with E-state index in [1.54, 1.807) is 24.5 Å². The van der Waals surface area contributed by atoms with E-state index in [1.165, 1.54) is 12.1 Å². The maximum atomic E-state index is 11.1. The van der Waals surface area contributed by atoms with E-state index >= 15 is 0 Å². The van der Waals surface area contributed by atoms with Crippen LogP contribution in [0.15, 0.2) is 91.5 Å². The Morgan fingerprint density at radius 3 is 2.58 bits per heavy atom. The second-order valence-corrected chi connectivity index (χ2v) is 8.08. The van der Waals surface area contributed by atoms with Crippen LogP contribution in [0.4, 0.5) is 5.69 Å². The lowest BCUT2D eigenvalue weighted by atomic mass is 10.0. The van der Waals surface area contributed by atoms with Crippen LogP contribution >= 0.6 is 12.2 Å². The fraction of sp³-hybridized carbons (Fsp3) is 0.125. The third-order valence-corrected chi connectivity index (χ3v) is 6.05. The molecule has 3 aromatic heterocycles. The van der Waals surface area contributed by atoms with Gasteiger partial charge in [-0.2, -0.15) is 0 Å². The van der Waals surface area contributed by atoms with Crippen molar-refractivity contribution < 1.29 is 4.92 Å². The van der Waals surface area contributed by atoms with Gasteiger partial charge in [0, 0.05) is 54.8 Å². The lowest BCUT2D eigenvalue weighted by Gasteiger charge is -2.29. The number of thiocarbonyl (C=S) groups is 1. The number of nitro benzene ring substituents is 1. The molecule has 0 aliphatic carbocycles. The van der Waals surface area contributed by atoms with E-state index in [4.69, 9.17) is 12.2 Å². The van der Waals surface area contributed by atoms with Gasteiger partial charge in [0.15, 0.2) is 5.11 Å². The number of nitro groups is 1. The molecule has 0 spiro atoms. The summed E-state index contributed by atoms with van der Waals surface area (Å²) in [7, 11) is 0. The molecule has 8 nitrogen and oxygen atoms in total. The molecular weight excluding hydrogens is 436 g/mol. The number of hydrogen-bond acceptors (Lipinski definition) is 5. The summed E-state index contributed by atoms with van der Waals surface area (Å²) in [6.07, 6.45) is 7.31. The Morgan fingerprint density at radius 1 is 1.03 bits per heavy atom. The van der Waals surface area contributed by atoms with Crippen LogP contribution in [0, 0.1) is 10.1 Å². The lowest BCUT2D eigenvalue weighted by Crippen LogP contribution is -2.30. The minimum Gasteiger partial charge on any atom is -0.352 e. The number of non-ortho nitro benzene ring substituents is 1. The van der Waals surface area contributed by atoms with Gasteiger partial charge in [0.2, 0.25) is 0 Å². The van der Waals surface area contributed by atoms with Gasteiger partial charge in [-0.15, -0.1) is 0 Å². The van der Waals surface area contributed by atoms with Crippen LogP contribution < -0.4 is 5.32 Å². The molecule has 0 bridgehead atoms. The molecule has 4 heterocycles. The van der Waals surface area contributed by atoms with Crippen LogP contribution in [0.5, 0.6) is 0 Å². The van der Waals surface area contributed by atoms with E-state index in [0.717, 1.165) is 22.6 Å². The molecule has 2 atom stereocenters.